The fraction of sp³-hybridized carbons (Fsp3) is 0.0769. The van der Waals surface area contributed by atoms with Crippen LogP contribution in [0.5, 0.6) is 0 Å². The molecule has 0 aliphatic heterocycles. The van der Waals surface area contributed by atoms with Gasteiger partial charge in [-0.1, -0.05) is 30.4 Å². The molecule has 0 aliphatic rings. The monoisotopic (exact) mass is 244 g/mol. The van der Waals surface area contributed by atoms with E-state index in [0.717, 1.165) is 10.9 Å². The van der Waals surface area contributed by atoms with Crippen molar-refractivity contribution in [2.24, 2.45) is 5.73 Å². The standard InChI is InChI=1S/C13H12N2O3/c14-11(16)7-3-5-9-8-4-1-2-6-10(8)15-12(9)13(17)18/h1-6,15H,7H2,(H2,14,16)(H,17,18). The Morgan fingerprint density at radius 2 is 2.06 bits per heavy atom. The molecule has 0 saturated heterocycles. The second-order valence-electron chi connectivity index (χ2n) is 3.84. The van der Waals surface area contributed by atoms with E-state index in [1.54, 1.807) is 18.2 Å². The zero-order valence-electron chi connectivity index (χ0n) is 9.51. The minimum Gasteiger partial charge on any atom is -0.477 e. The Labute approximate surface area is 103 Å². The van der Waals surface area contributed by atoms with Crippen LogP contribution in [0.2, 0.25) is 0 Å². The number of para-hydroxylation sites is 1. The summed E-state index contributed by atoms with van der Waals surface area (Å²) in [5, 5.41) is 9.92. The highest BCUT2D eigenvalue weighted by Gasteiger charge is 2.14. The Morgan fingerprint density at radius 1 is 1.33 bits per heavy atom. The number of nitrogens with one attached hydrogen (secondary N) is 1. The van der Waals surface area contributed by atoms with E-state index in [2.05, 4.69) is 4.98 Å². The molecular weight excluding hydrogens is 232 g/mol. The first kappa shape index (κ1) is 11.9. The fourth-order valence-corrected chi connectivity index (χ4v) is 1.80. The largest absolute Gasteiger partial charge is 0.477 e. The van der Waals surface area contributed by atoms with Crippen LogP contribution in [0.25, 0.3) is 17.0 Å². The van der Waals surface area contributed by atoms with Crippen molar-refractivity contribution in [3.63, 3.8) is 0 Å². The molecule has 92 valence electrons. The molecule has 1 amide bonds. The molecule has 18 heavy (non-hydrogen) atoms. The number of H-pyrrole nitrogens is 1. The van der Waals surface area contributed by atoms with Crippen LogP contribution in [0.3, 0.4) is 0 Å². The highest BCUT2D eigenvalue weighted by molar-refractivity contribution is 6.01. The van der Waals surface area contributed by atoms with E-state index in [-0.39, 0.29) is 12.1 Å². The van der Waals surface area contributed by atoms with E-state index < -0.39 is 11.9 Å². The Kier molecular flexibility index (Phi) is 3.14. The Morgan fingerprint density at radius 3 is 2.72 bits per heavy atom. The zero-order valence-corrected chi connectivity index (χ0v) is 9.51. The summed E-state index contributed by atoms with van der Waals surface area (Å²) in [5.74, 6) is -1.49. The second kappa shape index (κ2) is 4.75. The highest BCUT2D eigenvalue weighted by Crippen LogP contribution is 2.23. The summed E-state index contributed by atoms with van der Waals surface area (Å²) in [6.45, 7) is 0. The molecule has 1 aromatic heterocycles. The number of primary amides is 1. The van der Waals surface area contributed by atoms with Crippen LogP contribution in [0.1, 0.15) is 22.5 Å². The number of rotatable bonds is 4. The highest BCUT2D eigenvalue weighted by atomic mass is 16.4. The maximum atomic E-state index is 11.1. The SMILES string of the molecule is NC(=O)CC=Cc1c(C(=O)O)[nH]c2ccccc12. The molecular formula is C13H12N2O3. The van der Waals surface area contributed by atoms with Crippen LogP contribution in [0, 0.1) is 0 Å². The summed E-state index contributed by atoms with van der Waals surface area (Å²) in [6, 6.07) is 7.27. The average Bonchev–Trinajstić information content (AvgIpc) is 2.68. The number of hydrogen-bond donors (Lipinski definition) is 3. The lowest BCUT2D eigenvalue weighted by Gasteiger charge is -1.94. The smallest absolute Gasteiger partial charge is 0.352 e. The number of carboxylic acids is 1. The predicted molar refractivity (Wildman–Crippen MR) is 68.1 cm³/mol. The summed E-state index contributed by atoms with van der Waals surface area (Å²) in [6.07, 6.45) is 3.25. The lowest BCUT2D eigenvalue weighted by Crippen LogP contribution is -2.08. The van der Waals surface area contributed by atoms with E-state index in [1.165, 1.54) is 0 Å². The number of carbonyl (C=O) groups excluding carboxylic acids is 1. The average molecular weight is 244 g/mol. The first-order valence-corrected chi connectivity index (χ1v) is 5.38. The molecule has 2 aromatic rings. The van der Waals surface area contributed by atoms with Gasteiger partial charge in [0, 0.05) is 22.9 Å². The number of carbonyl (C=O) groups is 2. The van der Waals surface area contributed by atoms with Crippen molar-refractivity contribution in [1.29, 1.82) is 0 Å². The predicted octanol–water partition coefficient (Wildman–Crippen LogP) is 1.75. The van der Waals surface area contributed by atoms with Crippen molar-refractivity contribution in [2.75, 3.05) is 0 Å². The molecule has 0 bridgehead atoms. The van der Waals surface area contributed by atoms with E-state index >= 15 is 0 Å². The van der Waals surface area contributed by atoms with Crippen LogP contribution in [0.15, 0.2) is 30.3 Å². The third-order valence-electron chi connectivity index (χ3n) is 2.56. The van der Waals surface area contributed by atoms with Gasteiger partial charge in [-0.3, -0.25) is 4.79 Å². The van der Waals surface area contributed by atoms with E-state index in [9.17, 15) is 9.59 Å². The zero-order chi connectivity index (χ0) is 13.1. The normalized spacial score (nSPS) is 11.1. The van der Waals surface area contributed by atoms with E-state index in [1.807, 2.05) is 18.2 Å². The van der Waals surface area contributed by atoms with Gasteiger partial charge in [0.1, 0.15) is 5.69 Å². The topological polar surface area (TPSA) is 96.2 Å². The van der Waals surface area contributed by atoms with Gasteiger partial charge in [-0.05, 0) is 6.07 Å². The van der Waals surface area contributed by atoms with E-state index in [0.29, 0.717) is 5.56 Å². The van der Waals surface area contributed by atoms with Crippen LogP contribution in [-0.4, -0.2) is 22.0 Å². The quantitative estimate of drug-likeness (QED) is 0.764. The molecule has 2 rings (SSSR count). The molecule has 1 aromatic carbocycles. The molecule has 1 heterocycles. The number of aromatic amines is 1. The maximum absolute atomic E-state index is 11.1. The molecule has 5 heteroatoms. The Balaban J connectivity index is 2.51. The van der Waals surface area contributed by atoms with Gasteiger partial charge >= 0.3 is 5.97 Å². The number of aromatic nitrogens is 1. The molecule has 0 radical (unpaired) electrons. The van der Waals surface area contributed by atoms with Gasteiger partial charge < -0.3 is 15.8 Å². The Hall–Kier alpha value is -2.56. The molecule has 0 saturated carbocycles. The van der Waals surface area contributed by atoms with Crippen molar-refractivity contribution in [1.82, 2.24) is 4.98 Å². The van der Waals surface area contributed by atoms with Gasteiger partial charge in [-0.15, -0.1) is 0 Å². The Bertz CT molecular complexity index is 641. The molecule has 5 nitrogen and oxygen atoms in total. The minimum absolute atomic E-state index is 0.0819. The molecule has 0 aliphatic carbocycles. The summed E-state index contributed by atoms with van der Waals surface area (Å²) in [5.41, 5.74) is 6.44. The van der Waals surface area contributed by atoms with Crippen molar-refractivity contribution in [3.05, 3.63) is 41.6 Å². The van der Waals surface area contributed by atoms with Gasteiger partial charge in [0.15, 0.2) is 0 Å². The van der Waals surface area contributed by atoms with Crippen molar-refractivity contribution in [3.8, 4) is 0 Å². The molecule has 0 unspecified atom stereocenters. The third-order valence-corrected chi connectivity index (χ3v) is 2.56. The van der Waals surface area contributed by atoms with Crippen molar-refractivity contribution in [2.45, 2.75) is 6.42 Å². The molecule has 4 N–H and O–H groups in total. The maximum Gasteiger partial charge on any atom is 0.352 e. The summed E-state index contributed by atoms with van der Waals surface area (Å²) < 4.78 is 0. The molecule has 0 fully saturated rings. The third kappa shape index (κ3) is 2.24. The van der Waals surface area contributed by atoms with Gasteiger partial charge in [-0.2, -0.15) is 0 Å². The van der Waals surface area contributed by atoms with Crippen LogP contribution in [-0.2, 0) is 4.79 Å². The molecule has 0 atom stereocenters. The summed E-state index contributed by atoms with van der Waals surface area (Å²) >= 11 is 0. The number of carboxylic acid groups (broad SMARTS) is 1. The lowest BCUT2D eigenvalue weighted by atomic mass is 10.1. The van der Waals surface area contributed by atoms with Gasteiger partial charge in [0.25, 0.3) is 0 Å². The number of aromatic carboxylic acids is 1. The van der Waals surface area contributed by atoms with Crippen LogP contribution in [0.4, 0.5) is 0 Å². The van der Waals surface area contributed by atoms with Crippen LogP contribution >= 0.6 is 0 Å². The first-order chi connectivity index (χ1) is 8.59. The summed E-state index contributed by atoms with van der Waals surface area (Å²) in [4.78, 5) is 24.6. The number of amides is 1. The van der Waals surface area contributed by atoms with Crippen molar-refractivity contribution >= 4 is 28.9 Å². The van der Waals surface area contributed by atoms with Crippen molar-refractivity contribution < 1.29 is 14.7 Å². The summed E-state index contributed by atoms with van der Waals surface area (Å²) in [7, 11) is 0. The number of benzene rings is 1. The second-order valence-corrected chi connectivity index (χ2v) is 3.84. The number of fused-ring (bicyclic) bond motifs is 1. The molecule has 0 spiro atoms. The lowest BCUT2D eigenvalue weighted by molar-refractivity contribution is -0.117. The number of nitrogens with two attached hydrogens (primary N) is 1. The fourth-order valence-electron chi connectivity index (χ4n) is 1.80. The van der Waals surface area contributed by atoms with Crippen LogP contribution < -0.4 is 5.73 Å². The van der Waals surface area contributed by atoms with Gasteiger partial charge in [0.05, 0.1) is 0 Å². The van der Waals surface area contributed by atoms with Gasteiger partial charge in [0.2, 0.25) is 5.91 Å². The van der Waals surface area contributed by atoms with Gasteiger partial charge in [-0.25, -0.2) is 4.79 Å². The first-order valence-electron chi connectivity index (χ1n) is 5.38. The minimum atomic E-state index is -1.04. The van der Waals surface area contributed by atoms with E-state index in [4.69, 9.17) is 10.8 Å². The number of hydrogen-bond acceptors (Lipinski definition) is 2.